The molecule has 3 aliphatic rings. The second-order valence-corrected chi connectivity index (χ2v) is 12.1. The van der Waals surface area contributed by atoms with Crippen LogP contribution in [0.5, 0.6) is 0 Å². The zero-order valence-corrected chi connectivity index (χ0v) is 20.7. The number of hydrogen-bond donors (Lipinski definition) is 0. The summed E-state index contributed by atoms with van der Waals surface area (Å²) < 4.78 is 32.6. The zero-order chi connectivity index (χ0) is 21.4. The predicted octanol–water partition coefficient (Wildman–Crippen LogP) is 3.15. The molecule has 1 atom stereocenters. The monoisotopic (exact) mass is 545 g/mol. The molecular formula is C22H32IN3O3S. The Morgan fingerprint density at radius 3 is 2.33 bits per heavy atom. The molecule has 1 spiro atoms. The van der Waals surface area contributed by atoms with E-state index in [4.69, 9.17) is 4.74 Å². The summed E-state index contributed by atoms with van der Waals surface area (Å²) in [5, 5.41) is 0. The van der Waals surface area contributed by atoms with Gasteiger partial charge in [-0.25, -0.2) is 12.7 Å². The van der Waals surface area contributed by atoms with Gasteiger partial charge in [0.2, 0.25) is 10.0 Å². The van der Waals surface area contributed by atoms with Crippen LogP contribution >= 0.6 is 22.6 Å². The fourth-order valence-corrected chi connectivity index (χ4v) is 6.22. The highest BCUT2D eigenvalue weighted by atomic mass is 127. The molecule has 0 N–H and O–H groups in total. The van der Waals surface area contributed by atoms with Crippen LogP contribution in [0.25, 0.3) is 0 Å². The standard InChI is InChI=1S/C22H32IN3O3S/c1-18-22(8-11-26(12-9-22)30(2,27)28)17-21(29-18)7-10-24-13-15-25(16-14-24)20-5-3-19(23)4-6-20/h3-6,21H,1,7-17H2,2H3. The van der Waals surface area contributed by atoms with Crippen molar-refractivity contribution >= 4 is 38.3 Å². The van der Waals surface area contributed by atoms with Gasteiger partial charge in [-0.15, -0.1) is 0 Å². The van der Waals surface area contributed by atoms with Crippen LogP contribution in [0.4, 0.5) is 5.69 Å². The first-order valence-corrected chi connectivity index (χ1v) is 13.7. The number of allylic oxidation sites excluding steroid dienone is 1. The number of rotatable bonds is 5. The largest absolute Gasteiger partial charge is 0.495 e. The van der Waals surface area contributed by atoms with Crippen molar-refractivity contribution in [1.29, 1.82) is 0 Å². The van der Waals surface area contributed by atoms with Crippen LogP contribution in [0.2, 0.25) is 0 Å². The number of piperidine rings is 1. The number of hydrogen-bond acceptors (Lipinski definition) is 5. The molecule has 1 aromatic rings. The van der Waals surface area contributed by atoms with Crippen molar-refractivity contribution in [3.05, 3.63) is 40.2 Å². The number of anilines is 1. The summed E-state index contributed by atoms with van der Waals surface area (Å²) in [5.41, 5.74) is 1.28. The lowest BCUT2D eigenvalue weighted by Crippen LogP contribution is -2.47. The summed E-state index contributed by atoms with van der Waals surface area (Å²) in [6.45, 7) is 10.7. The van der Waals surface area contributed by atoms with Crippen LogP contribution < -0.4 is 4.90 Å². The molecule has 3 heterocycles. The minimum atomic E-state index is -3.10. The molecule has 0 bridgehead atoms. The summed E-state index contributed by atoms with van der Waals surface area (Å²) in [5.74, 6) is 0.879. The SMILES string of the molecule is C=C1OC(CCN2CCN(c3ccc(I)cc3)CC2)CC12CCN(S(C)(=O)=O)CC2. The normalized spacial score (nSPS) is 25.6. The summed E-state index contributed by atoms with van der Waals surface area (Å²) >= 11 is 2.35. The molecule has 1 unspecified atom stereocenters. The minimum absolute atomic E-state index is 0.0324. The van der Waals surface area contributed by atoms with Crippen molar-refractivity contribution in [2.24, 2.45) is 5.41 Å². The van der Waals surface area contributed by atoms with Crippen molar-refractivity contribution < 1.29 is 13.2 Å². The third kappa shape index (κ3) is 4.97. The average Bonchev–Trinajstić information content (AvgIpc) is 3.02. The second-order valence-electron chi connectivity index (χ2n) is 8.90. The van der Waals surface area contributed by atoms with Gasteiger partial charge in [-0.2, -0.15) is 0 Å². The van der Waals surface area contributed by atoms with Gasteiger partial charge in [0.1, 0.15) is 6.10 Å². The van der Waals surface area contributed by atoms with Crippen molar-refractivity contribution in [1.82, 2.24) is 9.21 Å². The molecule has 4 rings (SSSR count). The lowest BCUT2D eigenvalue weighted by Gasteiger charge is -2.37. The minimum Gasteiger partial charge on any atom is -0.495 e. The maximum atomic E-state index is 11.8. The molecule has 3 aliphatic heterocycles. The van der Waals surface area contributed by atoms with E-state index in [0.717, 1.165) is 64.2 Å². The van der Waals surface area contributed by atoms with E-state index in [-0.39, 0.29) is 11.5 Å². The van der Waals surface area contributed by atoms with E-state index in [1.54, 1.807) is 4.31 Å². The summed E-state index contributed by atoms with van der Waals surface area (Å²) in [4.78, 5) is 5.00. The van der Waals surface area contributed by atoms with E-state index in [0.29, 0.717) is 13.1 Å². The van der Waals surface area contributed by atoms with Gasteiger partial charge in [0, 0.05) is 60.5 Å². The van der Waals surface area contributed by atoms with Gasteiger partial charge in [-0.1, -0.05) is 6.58 Å². The van der Waals surface area contributed by atoms with Crippen LogP contribution in [-0.2, 0) is 14.8 Å². The average molecular weight is 545 g/mol. The lowest BCUT2D eigenvalue weighted by atomic mass is 9.75. The van der Waals surface area contributed by atoms with Crippen molar-refractivity contribution in [2.45, 2.75) is 31.8 Å². The Bertz CT molecular complexity index is 858. The van der Waals surface area contributed by atoms with Crippen LogP contribution in [-0.4, -0.2) is 75.8 Å². The Hall–Kier alpha value is -0.840. The molecule has 30 heavy (non-hydrogen) atoms. The Morgan fingerprint density at radius 1 is 1.10 bits per heavy atom. The molecule has 0 saturated carbocycles. The number of benzene rings is 1. The van der Waals surface area contributed by atoms with E-state index in [2.05, 4.69) is 63.2 Å². The number of sulfonamides is 1. The number of ether oxygens (including phenoxy) is 1. The van der Waals surface area contributed by atoms with Crippen molar-refractivity contribution in [2.75, 3.05) is 57.0 Å². The summed E-state index contributed by atoms with van der Waals surface area (Å²) in [7, 11) is -3.10. The fraction of sp³-hybridized carbons (Fsp3) is 0.636. The van der Waals surface area contributed by atoms with Crippen LogP contribution in [0.1, 0.15) is 25.7 Å². The summed E-state index contributed by atoms with van der Waals surface area (Å²) in [6.07, 6.45) is 5.14. The van der Waals surface area contributed by atoms with Gasteiger partial charge >= 0.3 is 0 Å². The Labute approximate surface area is 194 Å². The van der Waals surface area contributed by atoms with E-state index >= 15 is 0 Å². The van der Waals surface area contributed by atoms with Gasteiger partial charge in [0.15, 0.2) is 0 Å². The maximum absolute atomic E-state index is 11.8. The molecule has 0 aliphatic carbocycles. The third-order valence-corrected chi connectivity index (χ3v) is 9.02. The van der Waals surface area contributed by atoms with E-state index in [1.165, 1.54) is 15.5 Å². The molecule has 0 aromatic heterocycles. The number of halogens is 1. The molecule has 1 aromatic carbocycles. The highest BCUT2D eigenvalue weighted by Gasteiger charge is 2.47. The molecule has 6 nitrogen and oxygen atoms in total. The lowest BCUT2D eigenvalue weighted by molar-refractivity contribution is 0.128. The van der Waals surface area contributed by atoms with Crippen LogP contribution in [0.3, 0.4) is 0 Å². The van der Waals surface area contributed by atoms with E-state index in [1.807, 2.05) is 0 Å². The van der Waals surface area contributed by atoms with Gasteiger partial charge in [-0.05, 0) is 72.5 Å². The van der Waals surface area contributed by atoms with Crippen LogP contribution in [0.15, 0.2) is 36.6 Å². The maximum Gasteiger partial charge on any atom is 0.211 e. The topological polar surface area (TPSA) is 53.1 Å². The number of nitrogens with zero attached hydrogens (tertiary/aromatic N) is 3. The van der Waals surface area contributed by atoms with E-state index < -0.39 is 10.0 Å². The second kappa shape index (κ2) is 8.96. The first kappa shape index (κ1) is 22.4. The van der Waals surface area contributed by atoms with Crippen molar-refractivity contribution in [3.63, 3.8) is 0 Å². The molecule has 0 radical (unpaired) electrons. The Kier molecular flexibility index (Phi) is 6.67. The first-order valence-electron chi connectivity index (χ1n) is 10.8. The molecule has 3 saturated heterocycles. The molecular weight excluding hydrogens is 513 g/mol. The Balaban J connectivity index is 1.23. The van der Waals surface area contributed by atoms with Crippen LogP contribution in [0, 0.1) is 8.99 Å². The zero-order valence-electron chi connectivity index (χ0n) is 17.7. The predicted molar refractivity (Wildman–Crippen MR) is 129 cm³/mol. The smallest absolute Gasteiger partial charge is 0.211 e. The van der Waals surface area contributed by atoms with Gasteiger partial charge < -0.3 is 9.64 Å². The third-order valence-electron chi connectivity index (χ3n) is 7.00. The van der Waals surface area contributed by atoms with Gasteiger partial charge in [-0.3, -0.25) is 4.90 Å². The number of piperazine rings is 1. The first-order chi connectivity index (χ1) is 14.2. The molecule has 0 amide bonds. The van der Waals surface area contributed by atoms with E-state index in [9.17, 15) is 8.42 Å². The quantitative estimate of drug-likeness (QED) is 0.533. The Morgan fingerprint density at radius 2 is 1.73 bits per heavy atom. The van der Waals surface area contributed by atoms with Gasteiger partial charge in [0.25, 0.3) is 0 Å². The highest BCUT2D eigenvalue weighted by molar-refractivity contribution is 14.1. The summed E-state index contributed by atoms with van der Waals surface area (Å²) in [6, 6.07) is 8.76. The van der Waals surface area contributed by atoms with Gasteiger partial charge in [0.05, 0.1) is 12.0 Å². The molecule has 166 valence electrons. The molecule has 8 heteroatoms. The fourth-order valence-electron chi connectivity index (χ4n) is 5.02. The highest BCUT2D eigenvalue weighted by Crippen LogP contribution is 2.49. The molecule has 3 fully saturated rings. The van der Waals surface area contributed by atoms with Crippen molar-refractivity contribution in [3.8, 4) is 0 Å².